The van der Waals surface area contributed by atoms with Crippen LogP contribution in [-0.4, -0.2) is 35.1 Å². The quantitative estimate of drug-likeness (QED) is 0.879. The Morgan fingerprint density at radius 3 is 2.55 bits per heavy atom. The molecular formula is C13H14Cl2N2O3. The number of rotatable bonds is 2. The Morgan fingerprint density at radius 2 is 1.95 bits per heavy atom. The molecule has 1 atom stereocenters. The lowest BCUT2D eigenvalue weighted by Crippen LogP contribution is -2.44. The lowest BCUT2D eigenvalue weighted by Gasteiger charge is -2.30. The first-order valence-corrected chi connectivity index (χ1v) is 6.97. The number of benzene rings is 1. The van der Waals surface area contributed by atoms with Crippen molar-refractivity contribution in [3.05, 3.63) is 28.2 Å². The topological polar surface area (TPSA) is 69.6 Å². The van der Waals surface area contributed by atoms with Gasteiger partial charge in [-0.1, -0.05) is 29.3 Å². The summed E-state index contributed by atoms with van der Waals surface area (Å²) in [7, 11) is 0. The maximum atomic E-state index is 12.1. The molecule has 2 amide bonds. The molecule has 20 heavy (non-hydrogen) atoms. The zero-order valence-electron chi connectivity index (χ0n) is 10.6. The predicted molar refractivity (Wildman–Crippen MR) is 77.4 cm³/mol. The monoisotopic (exact) mass is 316 g/mol. The number of aliphatic carboxylic acids is 1. The maximum absolute atomic E-state index is 12.1. The third kappa shape index (κ3) is 3.35. The van der Waals surface area contributed by atoms with E-state index in [-0.39, 0.29) is 12.6 Å². The van der Waals surface area contributed by atoms with Crippen LogP contribution in [0.3, 0.4) is 0 Å². The first kappa shape index (κ1) is 14.9. The second-order valence-electron chi connectivity index (χ2n) is 4.65. The average molecular weight is 317 g/mol. The molecule has 1 aromatic carbocycles. The number of carbonyl (C=O) groups is 2. The van der Waals surface area contributed by atoms with Crippen molar-refractivity contribution in [1.29, 1.82) is 0 Å². The first-order chi connectivity index (χ1) is 9.49. The maximum Gasteiger partial charge on any atom is 0.321 e. The number of nitrogens with zero attached hydrogens (tertiary/aromatic N) is 1. The van der Waals surface area contributed by atoms with Gasteiger partial charge in [0.05, 0.1) is 21.7 Å². The summed E-state index contributed by atoms with van der Waals surface area (Å²) in [6, 6.07) is 4.55. The molecule has 1 saturated heterocycles. The van der Waals surface area contributed by atoms with Gasteiger partial charge in [-0.15, -0.1) is 0 Å². The number of amides is 2. The molecule has 1 aliphatic heterocycles. The zero-order valence-corrected chi connectivity index (χ0v) is 12.1. The smallest absolute Gasteiger partial charge is 0.321 e. The standard InChI is InChI=1S/C13H14Cl2N2O3/c14-9-4-1-5-10(15)11(9)16-13(20)17-6-2-3-8(7-17)12(18)19/h1,4-5,8H,2-3,6-7H2,(H,16,20)(H,18,19)/t8-/m1/s1. The van der Waals surface area contributed by atoms with E-state index in [2.05, 4.69) is 5.32 Å². The van der Waals surface area contributed by atoms with Crippen molar-refractivity contribution in [1.82, 2.24) is 4.90 Å². The second-order valence-corrected chi connectivity index (χ2v) is 5.46. The average Bonchev–Trinajstić information content (AvgIpc) is 2.43. The Bertz CT molecular complexity index is 516. The number of anilines is 1. The molecular weight excluding hydrogens is 303 g/mol. The number of urea groups is 1. The summed E-state index contributed by atoms with van der Waals surface area (Å²) in [6.45, 7) is 0.723. The van der Waals surface area contributed by atoms with Gasteiger partial charge in [0.15, 0.2) is 0 Å². The largest absolute Gasteiger partial charge is 0.481 e. The van der Waals surface area contributed by atoms with E-state index in [9.17, 15) is 9.59 Å². The fourth-order valence-electron chi connectivity index (χ4n) is 2.17. The molecule has 1 aliphatic rings. The molecule has 1 heterocycles. The van der Waals surface area contributed by atoms with E-state index < -0.39 is 11.9 Å². The number of piperidine rings is 1. The summed E-state index contributed by atoms with van der Waals surface area (Å²) in [5, 5.41) is 12.3. The molecule has 0 aromatic heterocycles. The third-order valence-corrected chi connectivity index (χ3v) is 3.88. The molecule has 1 fully saturated rings. The molecule has 0 bridgehead atoms. The number of carboxylic acids is 1. The highest BCUT2D eigenvalue weighted by Gasteiger charge is 2.28. The summed E-state index contributed by atoms with van der Waals surface area (Å²) in [4.78, 5) is 24.6. The Morgan fingerprint density at radius 1 is 1.30 bits per heavy atom. The second kappa shape index (κ2) is 6.33. The number of carboxylic acid groups (broad SMARTS) is 1. The van der Waals surface area contributed by atoms with E-state index in [1.165, 1.54) is 4.90 Å². The van der Waals surface area contributed by atoms with Crippen molar-refractivity contribution < 1.29 is 14.7 Å². The van der Waals surface area contributed by atoms with Crippen molar-refractivity contribution in [2.24, 2.45) is 5.92 Å². The predicted octanol–water partition coefficient (Wildman–Crippen LogP) is 3.32. The van der Waals surface area contributed by atoms with Crippen LogP contribution in [0.15, 0.2) is 18.2 Å². The molecule has 0 saturated carbocycles. The lowest BCUT2D eigenvalue weighted by molar-refractivity contribution is -0.143. The zero-order chi connectivity index (χ0) is 14.7. The van der Waals surface area contributed by atoms with Crippen LogP contribution >= 0.6 is 23.2 Å². The van der Waals surface area contributed by atoms with Gasteiger partial charge in [0.1, 0.15) is 0 Å². The molecule has 5 nitrogen and oxygen atoms in total. The summed E-state index contributed by atoms with van der Waals surface area (Å²) in [6.07, 6.45) is 1.26. The van der Waals surface area contributed by atoms with Crippen LogP contribution in [0.25, 0.3) is 0 Å². The van der Waals surface area contributed by atoms with Crippen molar-refractivity contribution in [3.63, 3.8) is 0 Å². The fourth-order valence-corrected chi connectivity index (χ4v) is 2.66. The Labute approximate surface area is 126 Å². The number of hydrogen-bond acceptors (Lipinski definition) is 2. The van der Waals surface area contributed by atoms with Crippen LogP contribution in [0.1, 0.15) is 12.8 Å². The minimum absolute atomic E-state index is 0.198. The van der Waals surface area contributed by atoms with Gasteiger partial charge >= 0.3 is 12.0 Å². The van der Waals surface area contributed by atoms with Gasteiger partial charge < -0.3 is 15.3 Å². The van der Waals surface area contributed by atoms with E-state index in [0.717, 1.165) is 0 Å². The van der Waals surface area contributed by atoms with Gasteiger partial charge in [-0.25, -0.2) is 4.79 Å². The Kier molecular flexibility index (Phi) is 4.73. The van der Waals surface area contributed by atoms with E-state index in [1.54, 1.807) is 18.2 Å². The van der Waals surface area contributed by atoms with Crippen LogP contribution in [0.4, 0.5) is 10.5 Å². The molecule has 1 aromatic rings. The van der Waals surface area contributed by atoms with Crippen molar-refractivity contribution in [2.45, 2.75) is 12.8 Å². The summed E-state index contributed by atoms with van der Waals surface area (Å²) < 4.78 is 0. The van der Waals surface area contributed by atoms with Crippen molar-refractivity contribution in [2.75, 3.05) is 18.4 Å². The minimum atomic E-state index is -0.877. The molecule has 0 unspecified atom stereocenters. The lowest BCUT2D eigenvalue weighted by atomic mass is 9.99. The van der Waals surface area contributed by atoms with Gasteiger partial charge in [-0.05, 0) is 25.0 Å². The molecule has 0 spiro atoms. The number of halogens is 2. The molecule has 7 heteroatoms. The van der Waals surface area contributed by atoms with Gasteiger partial charge in [0.25, 0.3) is 0 Å². The van der Waals surface area contributed by atoms with Crippen LogP contribution < -0.4 is 5.32 Å². The van der Waals surface area contributed by atoms with Crippen molar-refractivity contribution in [3.8, 4) is 0 Å². The number of likely N-dealkylation sites (tertiary alicyclic amines) is 1. The van der Waals surface area contributed by atoms with Crippen LogP contribution in [-0.2, 0) is 4.79 Å². The highest BCUT2D eigenvalue weighted by molar-refractivity contribution is 6.39. The SMILES string of the molecule is O=C(O)[C@@H]1CCCN(C(=O)Nc2c(Cl)cccc2Cl)C1. The van der Waals surface area contributed by atoms with Crippen LogP contribution in [0.2, 0.25) is 10.0 Å². The molecule has 0 aliphatic carbocycles. The van der Waals surface area contributed by atoms with Crippen molar-refractivity contribution >= 4 is 40.9 Å². The summed E-state index contributed by atoms with van der Waals surface area (Å²) >= 11 is 12.0. The van der Waals surface area contributed by atoms with Gasteiger partial charge in [-0.2, -0.15) is 0 Å². The summed E-state index contributed by atoms with van der Waals surface area (Å²) in [5.74, 6) is -1.39. The van der Waals surface area contributed by atoms with Gasteiger partial charge in [-0.3, -0.25) is 4.79 Å². The molecule has 108 valence electrons. The fraction of sp³-hybridized carbons (Fsp3) is 0.385. The van der Waals surface area contributed by atoms with Crippen LogP contribution in [0, 0.1) is 5.92 Å². The van der Waals surface area contributed by atoms with Gasteiger partial charge in [0.2, 0.25) is 0 Å². The molecule has 2 N–H and O–H groups in total. The Hall–Kier alpha value is -1.46. The van der Waals surface area contributed by atoms with Crippen LogP contribution in [0.5, 0.6) is 0 Å². The number of hydrogen-bond donors (Lipinski definition) is 2. The third-order valence-electron chi connectivity index (χ3n) is 3.25. The number of para-hydroxylation sites is 1. The number of nitrogens with one attached hydrogen (secondary N) is 1. The minimum Gasteiger partial charge on any atom is -0.481 e. The number of carbonyl (C=O) groups excluding carboxylic acids is 1. The molecule has 0 radical (unpaired) electrons. The highest BCUT2D eigenvalue weighted by atomic mass is 35.5. The normalized spacial score (nSPS) is 18.7. The van der Waals surface area contributed by atoms with E-state index in [1.807, 2.05) is 0 Å². The highest BCUT2D eigenvalue weighted by Crippen LogP contribution is 2.30. The van der Waals surface area contributed by atoms with E-state index in [0.29, 0.717) is 35.1 Å². The first-order valence-electron chi connectivity index (χ1n) is 6.22. The Balaban J connectivity index is 2.06. The van der Waals surface area contributed by atoms with Gasteiger partial charge in [0, 0.05) is 13.1 Å². The summed E-state index contributed by atoms with van der Waals surface area (Å²) in [5.41, 5.74) is 0.346. The molecule has 2 rings (SSSR count). The van der Waals surface area contributed by atoms with E-state index >= 15 is 0 Å². The van der Waals surface area contributed by atoms with E-state index in [4.69, 9.17) is 28.3 Å².